The highest BCUT2D eigenvalue weighted by molar-refractivity contribution is 5.94. The van der Waals surface area contributed by atoms with Crippen molar-refractivity contribution in [3.63, 3.8) is 0 Å². The highest BCUT2D eigenvalue weighted by Crippen LogP contribution is 2.21. The number of benzene rings is 1. The Bertz CT molecular complexity index is 687. The predicted molar refractivity (Wildman–Crippen MR) is 79.4 cm³/mol. The van der Waals surface area contributed by atoms with Crippen LogP contribution in [0, 0.1) is 5.41 Å². The van der Waals surface area contributed by atoms with Gasteiger partial charge < -0.3 is 15.0 Å². The van der Waals surface area contributed by atoms with Crippen LogP contribution in [0.3, 0.4) is 0 Å². The van der Waals surface area contributed by atoms with Gasteiger partial charge in [-0.1, -0.05) is 0 Å². The molecule has 104 valence electrons. The van der Waals surface area contributed by atoms with Gasteiger partial charge in [-0.3, -0.25) is 10.2 Å². The third-order valence-corrected chi connectivity index (χ3v) is 3.17. The van der Waals surface area contributed by atoms with Crippen molar-refractivity contribution >= 4 is 5.84 Å². The molecular formula is C15H17N3O2. The van der Waals surface area contributed by atoms with Gasteiger partial charge in [0.15, 0.2) is 0 Å². The number of nitrogens with two attached hydrogens (primary N) is 1. The maximum atomic E-state index is 12.3. The minimum Gasteiger partial charge on any atom is -0.497 e. The average Bonchev–Trinajstić information content (AvgIpc) is 2.46. The molecule has 2 aromatic rings. The number of pyridine rings is 1. The molecule has 0 fully saturated rings. The molecule has 0 radical (unpaired) electrons. The van der Waals surface area contributed by atoms with E-state index in [1.165, 1.54) is 0 Å². The minimum absolute atomic E-state index is 0.210. The molecule has 0 aliphatic heterocycles. The summed E-state index contributed by atoms with van der Waals surface area (Å²) in [5.74, 6) is 0.554. The molecule has 0 aliphatic rings. The zero-order valence-electron chi connectivity index (χ0n) is 11.5. The third-order valence-electron chi connectivity index (χ3n) is 3.17. The van der Waals surface area contributed by atoms with Gasteiger partial charge in [0.25, 0.3) is 5.56 Å². The van der Waals surface area contributed by atoms with E-state index in [1.807, 2.05) is 37.3 Å². The average molecular weight is 271 g/mol. The smallest absolute Gasteiger partial charge is 0.261 e. The fourth-order valence-electron chi connectivity index (χ4n) is 2.11. The fraction of sp³-hybridized carbons (Fsp3) is 0.200. The van der Waals surface area contributed by atoms with Crippen molar-refractivity contribution in [3.8, 4) is 17.0 Å². The number of methoxy groups -OCH3 is 1. The van der Waals surface area contributed by atoms with Gasteiger partial charge in [-0.2, -0.15) is 0 Å². The highest BCUT2D eigenvalue weighted by Gasteiger charge is 2.11. The van der Waals surface area contributed by atoms with E-state index in [1.54, 1.807) is 17.7 Å². The summed E-state index contributed by atoms with van der Waals surface area (Å²) in [6.07, 6.45) is 0. The molecule has 0 saturated heterocycles. The Morgan fingerprint density at radius 1 is 1.25 bits per heavy atom. The minimum atomic E-state index is -0.242. The van der Waals surface area contributed by atoms with Crippen LogP contribution < -0.4 is 16.0 Å². The molecule has 2 rings (SSSR count). The first kappa shape index (κ1) is 13.9. The first-order valence-corrected chi connectivity index (χ1v) is 6.31. The highest BCUT2D eigenvalue weighted by atomic mass is 16.5. The van der Waals surface area contributed by atoms with Crippen molar-refractivity contribution in [1.29, 1.82) is 5.41 Å². The van der Waals surface area contributed by atoms with Gasteiger partial charge in [-0.05, 0) is 48.9 Å². The predicted octanol–water partition coefficient (Wildman–Crippen LogP) is 1.83. The quantitative estimate of drug-likeness (QED) is 0.657. The maximum absolute atomic E-state index is 12.3. The van der Waals surface area contributed by atoms with E-state index in [0.717, 1.165) is 17.0 Å². The molecule has 1 aromatic heterocycles. The van der Waals surface area contributed by atoms with Gasteiger partial charge in [-0.25, -0.2) is 0 Å². The summed E-state index contributed by atoms with van der Waals surface area (Å²) >= 11 is 0. The fourth-order valence-corrected chi connectivity index (χ4v) is 2.11. The molecule has 5 nitrogen and oxygen atoms in total. The zero-order valence-corrected chi connectivity index (χ0v) is 11.5. The van der Waals surface area contributed by atoms with Crippen molar-refractivity contribution in [2.24, 2.45) is 5.73 Å². The van der Waals surface area contributed by atoms with Gasteiger partial charge in [0.1, 0.15) is 11.6 Å². The van der Waals surface area contributed by atoms with Crippen LogP contribution in [0.25, 0.3) is 11.3 Å². The molecule has 5 heteroatoms. The number of nitrogen functional groups attached to an aromatic ring is 1. The lowest BCUT2D eigenvalue weighted by molar-refractivity contribution is 0.415. The summed E-state index contributed by atoms with van der Waals surface area (Å²) in [5, 5.41) is 7.42. The number of nitrogens with zero attached hydrogens (tertiary/aromatic N) is 1. The second kappa shape index (κ2) is 5.61. The van der Waals surface area contributed by atoms with Crippen LogP contribution in [0.5, 0.6) is 5.75 Å². The molecule has 1 heterocycles. The molecule has 0 aliphatic carbocycles. The molecular weight excluding hydrogens is 254 g/mol. The molecule has 0 unspecified atom stereocenters. The topological polar surface area (TPSA) is 81.1 Å². The summed E-state index contributed by atoms with van der Waals surface area (Å²) in [5.41, 5.74) is 7.11. The molecule has 0 amide bonds. The molecule has 3 N–H and O–H groups in total. The summed E-state index contributed by atoms with van der Waals surface area (Å²) in [7, 11) is 1.61. The molecule has 0 atom stereocenters. The summed E-state index contributed by atoms with van der Waals surface area (Å²) in [4.78, 5) is 12.3. The SMILES string of the molecule is CCn1c(-c2ccc(OC)cc2)ccc(C(=N)N)c1=O. The molecule has 0 spiro atoms. The van der Waals surface area contributed by atoms with E-state index in [-0.39, 0.29) is 17.0 Å². The standard InChI is InChI=1S/C15H17N3O2/c1-3-18-13(9-8-12(14(16)17)15(18)19)10-4-6-11(20-2)7-5-10/h4-9H,3H2,1-2H3,(H3,16,17). The number of ether oxygens (including phenoxy) is 1. The van der Waals surface area contributed by atoms with Gasteiger partial charge in [0, 0.05) is 6.54 Å². The summed E-state index contributed by atoms with van der Waals surface area (Å²) < 4.78 is 6.73. The van der Waals surface area contributed by atoms with Crippen LogP contribution in [0.2, 0.25) is 0 Å². The van der Waals surface area contributed by atoms with E-state index in [2.05, 4.69) is 0 Å². The Kier molecular flexibility index (Phi) is 3.89. The number of amidine groups is 1. The Morgan fingerprint density at radius 2 is 1.90 bits per heavy atom. The van der Waals surface area contributed by atoms with E-state index in [0.29, 0.717) is 6.54 Å². The van der Waals surface area contributed by atoms with Crippen LogP contribution in [0.15, 0.2) is 41.2 Å². The van der Waals surface area contributed by atoms with E-state index in [9.17, 15) is 4.79 Å². The Morgan fingerprint density at radius 3 is 2.40 bits per heavy atom. The molecule has 20 heavy (non-hydrogen) atoms. The Balaban J connectivity index is 2.59. The van der Waals surface area contributed by atoms with Crippen molar-refractivity contribution in [2.75, 3.05) is 7.11 Å². The normalized spacial score (nSPS) is 10.3. The Hall–Kier alpha value is -2.56. The molecule has 0 bridgehead atoms. The molecule has 0 saturated carbocycles. The monoisotopic (exact) mass is 271 g/mol. The van der Waals surface area contributed by atoms with Gasteiger partial charge >= 0.3 is 0 Å². The van der Waals surface area contributed by atoms with Crippen molar-refractivity contribution in [2.45, 2.75) is 13.5 Å². The number of hydrogen-bond donors (Lipinski definition) is 2. The van der Waals surface area contributed by atoms with E-state index in [4.69, 9.17) is 15.9 Å². The molecule has 1 aromatic carbocycles. The van der Waals surface area contributed by atoms with Crippen LogP contribution in [-0.2, 0) is 6.54 Å². The number of nitrogens with one attached hydrogen (secondary N) is 1. The maximum Gasteiger partial charge on any atom is 0.261 e. The third kappa shape index (κ3) is 2.42. The van der Waals surface area contributed by atoms with Crippen molar-refractivity contribution in [3.05, 3.63) is 52.3 Å². The lowest BCUT2D eigenvalue weighted by Gasteiger charge is -2.13. The van der Waals surface area contributed by atoms with Crippen LogP contribution in [0.1, 0.15) is 12.5 Å². The van der Waals surface area contributed by atoms with Crippen molar-refractivity contribution in [1.82, 2.24) is 4.57 Å². The van der Waals surface area contributed by atoms with Gasteiger partial charge in [0.05, 0.1) is 18.4 Å². The number of aromatic nitrogens is 1. The van der Waals surface area contributed by atoms with Gasteiger partial charge in [-0.15, -0.1) is 0 Å². The largest absolute Gasteiger partial charge is 0.497 e. The first-order chi connectivity index (χ1) is 9.58. The summed E-state index contributed by atoms with van der Waals surface area (Å²) in [6.45, 7) is 2.40. The van der Waals surface area contributed by atoms with Crippen LogP contribution in [-0.4, -0.2) is 17.5 Å². The van der Waals surface area contributed by atoms with Crippen LogP contribution in [0.4, 0.5) is 0 Å². The van der Waals surface area contributed by atoms with E-state index >= 15 is 0 Å². The van der Waals surface area contributed by atoms with Crippen LogP contribution >= 0.6 is 0 Å². The lowest BCUT2D eigenvalue weighted by Crippen LogP contribution is -2.29. The second-order valence-electron chi connectivity index (χ2n) is 4.32. The lowest BCUT2D eigenvalue weighted by atomic mass is 10.1. The van der Waals surface area contributed by atoms with E-state index < -0.39 is 0 Å². The van der Waals surface area contributed by atoms with Gasteiger partial charge in [0.2, 0.25) is 0 Å². The first-order valence-electron chi connectivity index (χ1n) is 6.31. The van der Waals surface area contributed by atoms with Crippen molar-refractivity contribution < 1.29 is 4.74 Å². The summed E-state index contributed by atoms with van der Waals surface area (Å²) in [6, 6.07) is 10.9. The zero-order chi connectivity index (χ0) is 14.7. The second-order valence-corrected chi connectivity index (χ2v) is 4.32. The number of hydrogen-bond acceptors (Lipinski definition) is 3. The number of rotatable bonds is 4. The Labute approximate surface area is 117 Å².